The summed E-state index contributed by atoms with van der Waals surface area (Å²) in [5.41, 5.74) is 2.64. The predicted octanol–water partition coefficient (Wildman–Crippen LogP) is 4.04. The zero-order valence-electron chi connectivity index (χ0n) is 18.1. The number of hydrogen-bond acceptors (Lipinski definition) is 8. The van der Waals surface area contributed by atoms with Crippen molar-refractivity contribution < 1.29 is 18.7 Å². The topological polar surface area (TPSA) is 105 Å². The first-order valence-corrected chi connectivity index (χ1v) is 11.2. The van der Waals surface area contributed by atoms with Gasteiger partial charge in [0.15, 0.2) is 5.82 Å². The van der Waals surface area contributed by atoms with Gasteiger partial charge in [0.2, 0.25) is 5.16 Å². The molecule has 10 heteroatoms. The molecule has 0 fully saturated rings. The second-order valence-corrected chi connectivity index (χ2v) is 8.04. The Hall–Kier alpha value is -3.66. The summed E-state index contributed by atoms with van der Waals surface area (Å²) in [6.45, 7) is 3.99. The Labute approximate surface area is 193 Å². The number of carbonyl (C=O) groups excluding carboxylic acids is 1. The third-order valence-corrected chi connectivity index (χ3v) is 5.92. The third kappa shape index (κ3) is 4.90. The molecule has 2 aromatic heterocycles. The number of thioether (sulfide) groups is 1. The van der Waals surface area contributed by atoms with Gasteiger partial charge in [0.25, 0.3) is 0 Å². The van der Waals surface area contributed by atoms with Crippen molar-refractivity contribution in [1.82, 2.24) is 19.9 Å². The lowest BCUT2D eigenvalue weighted by Gasteiger charge is -2.13. The minimum absolute atomic E-state index is 0.0666. The van der Waals surface area contributed by atoms with Crippen molar-refractivity contribution in [2.24, 2.45) is 0 Å². The fourth-order valence-corrected chi connectivity index (χ4v) is 4.15. The molecule has 170 valence electrons. The number of para-hydroxylation sites is 1. The standard InChI is InChI=1S/C23H22FN5O3S/c1-3-31-22(30)21-14(2)17-6-4-5-7-18(17)26-19(21)13-33-23-28-27-20(29(23)25)12-32-16-10-8-15(24)9-11-16/h4-11H,3,12-13,25H2,1-2H3. The Balaban J connectivity index is 1.54. The molecule has 4 rings (SSSR count). The number of carbonyl (C=O) groups is 1. The van der Waals surface area contributed by atoms with Crippen LogP contribution in [0.2, 0.25) is 0 Å². The number of esters is 1. The number of nitrogens with two attached hydrogens (primary N) is 1. The normalized spacial score (nSPS) is 11.0. The fourth-order valence-electron chi connectivity index (χ4n) is 3.33. The monoisotopic (exact) mass is 467 g/mol. The Morgan fingerprint density at radius 2 is 1.91 bits per heavy atom. The maximum atomic E-state index is 13.0. The molecule has 4 aromatic rings. The zero-order valence-corrected chi connectivity index (χ0v) is 18.9. The van der Waals surface area contributed by atoms with Crippen LogP contribution in [0.15, 0.2) is 53.7 Å². The second-order valence-electron chi connectivity index (χ2n) is 7.10. The lowest BCUT2D eigenvalue weighted by molar-refractivity contribution is 0.0524. The van der Waals surface area contributed by atoms with Crippen LogP contribution in [0.25, 0.3) is 10.9 Å². The lowest BCUT2D eigenvalue weighted by atomic mass is 10.0. The summed E-state index contributed by atoms with van der Waals surface area (Å²) in [5, 5.41) is 9.53. The van der Waals surface area contributed by atoms with Gasteiger partial charge in [0.1, 0.15) is 18.2 Å². The van der Waals surface area contributed by atoms with Gasteiger partial charge in [-0.3, -0.25) is 4.98 Å². The van der Waals surface area contributed by atoms with E-state index in [1.54, 1.807) is 6.92 Å². The first-order valence-electron chi connectivity index (χ1n) is 10.2. The molecule has 0 saturated heterocycles. The molecule has 0 aliphatic carbocycles. The number of benzene rings is 2. The van der Waals surface area contributed by atoms with Crippen LogP contribution in [-0.4, -0.2) is 32.4 Å². The van der Waals surface area contributed by atoms with Crippen LogP contribution < -0.4 is 10.6 Å². The van der Waals surface area contributed by atoms with E-state index in [-0.39, 0.29) is 19.0 Å². The Bertz CT molecular complexity index is 1290. The van der Waals surface area contributed by atoms with Gasteiger partial charge >= 0.3 is 5.97 Å². The molecule has 0 amide bonds. The summed E-state index contributed by atoms with van der Waals surface area (Å²) in [5.74, 6) is 6.61. The van der Waals surface area contributed by atoms with Gasteiger partial charge in [0.05, 0.1) is 23.4 Å². The van der Waals surface area contributed by atoms with E-state index in [4.69, 9.17) is 20.3 Å². The molecule has 0 atom stereocenters. The molecule has 0 aliphatic heterocycles. The van der Waals surface area contributed by atoms with Crippen LogP contribution in [-0.2, 0) is 17.1 Å². The van der Waals surface area contributed by atoms with Gasteiger partial charge in [-0.1, -0.05) is 30.0 Å². The van der Waals surface area contributed by atoms with Crippen molar-refractivity contribution in [3.8, 4) is 5.75 Å². The minimum Gasteiger partial charge on any atom is -0.486 e. The molecule has 0 radical (unpaired) electrons. The maximum absolute atomic E-state index is 13.0. The van der Waals surface area contributed by atoms with E-state index in [1.165, 1.54) is 40.7 Å². The summed E-state index contributed by atoms with van der Waals surface area (Å²) in [6, 6.07) is 13.3. The zero-order chi connectivity index (χ0) is 23.4. The van der Waals surface area contributed by atoms with Crippen LogP contribution in [0.1, 0.15) is 34.4 Å². The number of rotatable bonds is 8. The second kappa shape index (κ2) is 9.86. The van der Waals surface area contributed by atoms with Gasteiger partial charge in [0, 0.05) is 11.1 Å². The quantitative estimate of drug-likeness (QED) is 0.235. The first-order chi connectivity index (χ1) is 16.0. The van der Waals surface area contributed by atoms with Crippen molar-refractivity contribution in [1.29, 1.82) is 0 Å². The number of halogens is 1. The summed E-state index contributed by atoms with van der Waals surface area (Å²) in [4.78, 5) is 17.4. The molecular weight excluding hydrogens is 445 g/mol. The number of pyridine rings is 1. The highest BCUT2D eigenvalue weighted by molar-refractivity contribution is 7.98. The fraction of sp³-hybridized carbons (Fsp3) is 0.217. The number of aromatic nitrogens is 4. The van der Waals surface area contributed by atoms with E-state index in [9.17, 15) is 9.18 Å². The highest BCUT2D eigenvalue weighted by atomic mass is 32.2. The first kappa shape index (κ1) is 22.5. The number of hydrogen-bond donors (Lipinski definition) is 1. The van der Waals surface area contributed by atoms with Crippen LogP contribution in [0.5, 0.6) is 5.75 Å². The van der Waals surface area contributed by atoms with Gasteiger partial charge in [-0.25, -0.2) is 13.9 Å². The molecule has 2 N–H and O–H groups in total. The van der Waals surface area contributed by atoms with Crippen molar-refractivity contribution in [2.45, 2.75) is 31.4 Å². The number of fused-ring (bicyclic) bond motifs is 1. The van der Waals surface area contributed by atoms with Gasteiger partial charge < -0.3 is 15.3 Å². The van der Waals surface area contributed by atoms with E-state index in [0.29, 0.717) is 33.7 Å². The third-order valence-electron chi connectivity index (χ3n) is 4.96. The average Bonchev–Trinajstić information content (AvgIpc) is 3.16. The molecule has 0 unspecified atom stereocenters. The molecule has 0 aliphatic rings. The van der Waals surface area contributed by atoms with Crippen molar-refractivity contribution in [3.05, 3.63) is 77.0 Å². The smallest absolute Gasteiger partial charge is 0.340 e. The summed E-state index contributed by atoms with van der Waals surface area (Å²) >= 11 is 1.30. The van der Waals surface area contributed by atoms with Crippen LogP contribution in [0.3, 0.4) is 0 Å². The molecular formula is C23H22FN5O3S. The SMILES string of the molecule is CCOC(=O)c1c(CSc2nnc(COc3ccc(F)cc3)n2N)nc2ccccc2c1C. The summed E-state index contributed by atoms with van der Waals surface area (Å²) in [7, 11) is 0. The Kier molecular flexibility index (Phi) is 6.74. The molecule has 0 bridgehead atoms. The van der Waals surface area contributed by atoms with Gasteiger partial charge in [-0.2, -0.15) is 0 Å². The van der Waals surface area contributed by atoms with E-state index in [0.717, 1.165) is 16.5 Å². The van der Waals surface area contributed by atoms with Crippen molar-refractivity contribution in [3.63, 3.8) is 0 Å². The Morgan fingerprint density at radius 3 is 2.67 bits per heavy atom. The van der Waals surface area contributed by atoms with E-state index < -0.39 is 5.97 Å². The highest BCUT2D eigenvalue weighted by Crippen LogP contribution is 2.28. The van der Waals surface area contributed by atoms with Crippen molar-refractivity contribution >= 4 is 28.6 Å². The van der Waals surface area contributed by atoms with E-state index >= 15 is 0 Å². The summed E-state index contributed by atoms with van der Waals surface area (Å²) in [6.07, 6.45) is 0. The van der Waals surface area contributed by atoms with Gasteiger partial charge in [-0.05, 0) is 49.7 Å². The van der Waals surface area contributed by atoms with Crippen LogP contribution in [0.4, 0.5) is 4.39 Å². The molecule has 2 heterocycles. The molecule has 2 aromatic carbocycles. The predicted molar refractivity (Wildman–Crippen MR) is 123 cm³/mol. The lowest BCUT2D eigenvalue weighted by Crippen LogP contribution is -2.16. The number of ether oxygens (including phenoxy) is 2. The van der Waals surface area contributed by atoms with Crippen LogP contribution in [0, 0.1) is 12.7 Å². The Morgan fingerprint density at radius 1 is 1.15 bits per heavy atom. The minimum atomic E-state index is -0.411. The number of nitrogens with zero attached hydrogens (tertiary/aromatic N) is 4. The molecule has 33 heavy (non-hydrogen) atoms. The number of nitrogen functional groups attached to an aromatic ring is 1. The van der Waals surface area contributed by atoms with E-state index in [2.05, 4.69) is 10.2 Å². The largest absolute Gasteiger partial charge is 0.486 e. The van der Waals surface area contributed by atoms with E-state index in [1.807, 2.05) is 31.2 Å². The van der Waals surface area contributed by atoms with Crippen LogP contribution >= 0.6 is 11.8 Å². The molecule has 0 spiro atoms. The van der Waals surface area contributed by atoms with Gasteiger partial charge in [-0.15, -0.1) is 10.2 Å². The molecule has 0 saturated carbocycles. The molecule has 8 nitrogen and oxygen atoms in total. The maximum Gasteiger partial charge on any atom is 0.340 e. The highest BCUT2D eigenvalue weighted by Gasteiger charge is 2.21. The average molecular weight is 468 g/mol. The summed E-state index contributed by atoms with van der Waals surface area (Å²) < 4.78 is 25.2. The number of aryl methyl sites for hydroxylation is 1. The van der Waals surface area contributed by atoms with Crippen molar-refractivity contribution in [2.75, 3.05) is 12.4 Å².